The predicted octanol–water partition coefficient (Wildman–Crippen LogP) is 2.83. The number of nitrogens with one attached hydrogen (secondary N) is 1. The number of carbonyl (C=O) groups excluding carboxylic acids is 2. The summed E-state index contributed by atoms with van der Waals surface area (Å²) in [6.07, 6.45) is 2.60. The molecule has 6 nitrogen and oxygen atoms in total. The van der Waals surface area contributed by atoms with Crippen LogP contribution in [0, 0.1) is 0 Å². The van der Waals surface area contributed by atoms with Gasteiger partial charge in [0.1, 0.15) is 0 Å². The van der Waals surface area contributed by atoms with E-state index in [1.165, 1.54) is 12.1 Å². The topological polar surface area (TPSA) is 83.6 Å². The molecule has 0 bridgehead atoms. The van der Waals surface area contributed by atoms with E-state index in [2.05, 4.69) is 5.32 Å². The standard InChI is InChI=1S/C23H28N2O4S/c1-2-30(28,29)21-11-9-19(10-12-21)23(27)25-16-14-20(15-17-25)24-22(26)13-8-18-6-4-3-5-7-18/h3-7,9-12,20H,2,8,13-17H2,1H3,(H,24,26). The van der Waals surface area contributed by atoms with Gasteiger partial charge in [-0.3, -0.25) is 9.59 Å². The fourth-order valence-electron chi connectivity index (χ4n) is 3.58. The van der Waals surface area contributed by atoms with Crippen molar-refractivity contribution in [2.45, 2.75) is 43.5 Å². The molecule has 0 spiro atoms. The highest BCUT2D eigenvalue weighted by Crippen LogP contribution is 2.17. The number of sulfone groups is 1. The molecule has 2 aromatic carbocycles. The molecule has 0 saturated carbocycles. The second kappa shape index (κ2) is 9.89. The van der Waals surface area contributed by atoms with Crippen molar-refractivity contribution in [3.05, 3.63) is 65.7 Å². The molecule has 160 valence electrons. The summed E-state index contributed by atoms with van der Waals surface area (Å²) in [6, 6.07) is 16.1. The van der Waals surface area contributed by atoms with E-state index in [0.717, 1.165) is 5.56 Å². The first-order valence-electron chi connectivity index (χ1n) is 10.3. The lowest BCUT2D eigenvalue weighted by Crippen LogP contribution is -2.46. The summed E-state index contributed by atoms with van der Waals surface area (Å²) < 4.78 is 23.8. The van der Waals surface area contributed by atoms with Crippen molar-refractivity contribution in [2.24, 2.45) is 0 Å². The highest BCUT2D eigenvalue weighted by Gasteiger charge is 2.25. The zero-order valence-electron chi connectivity index (χ0n) is 17.2. The molecule has 0 aromatic heterocycles. The molecule has 1 aliphatic rings. The Morgan fingerprint density at radius 3 is 2.23 bits per heavy atom. The molecule has 7 heteroatoms. The second-order valence-electron chi connectivity index (χ2n) is 7.55. The van der Waals surface area contributed by atoms with Gasteiger partial charge in [0.15, 0.2) is 9.84 Å². The highest BCUT2D eigenvalue weighted by molar-refractivity contribution is 7.91. The minimum absolute atomic E-state index is 0.0326. The van der Waals surface area contributed by atoms with Crippen molar-refractivity contribution in [1.82, 2.24) is 10.2 Å². The van der Waals surface area contributed by atoms with Crippen molar-refractivity contribution < 1.29 is 18.0 Å². The summed E-state index contributed by atoms with van der Waals surface area (Å²) in [5.41, 5.74) is 1.63. The van der Waals surface area contributed by atoms with Gasteiger partial charge in [0.25, 0.3) is 5.91 Å². The van der Waals surface area contributed by atoms with Crippen LogP contribution in [0.25, 0.3) is 0 Å². The van der Waals surface area contributed by atoms with Gasteiger partial charge in [-0.05, 0) is 49.1 Å². The number of amides is 2. The zero-order valence-corrected chi connectivity index (χ0v) is 18.0. The van der Waals surface area contributed by atoms with Gasteiger partial charge in [0, 0.05) is 31.1 Å². The number of carbonyl (C=O) groups is 2. The molecule has 2 amide bonds. The minimum Gasteiger partial charge on any atom is -0.353 e. The Morgan fingerprint density at radius 1 is 1.00 bits per heavy atom. The quantitative estimate of drug-likeness (QED) is 0.735. The predicted molar refractivity (Wildman–Crippen MR) is 116 cm³/mol. The van der Waals surface area contributed by atoms with Crippen LogP contribution in [0.4, 0.5) is 0 Å². The van der Waals surface area contributed by atoms with E-state index in [-0.39, 0.29) is 28.5 Å². The first kappa shape index (κ1) is 22.0. The number of benzene rings is 2. The normalized spacial score (nSPS) is 15.0. The van der Waals surface area contributed by atoms with E-state index in [4.69, 9.17) is 0 Å². The lowest BCUT2D eigenvalue weighted by atomic mass is 10.0. The van der Waals surface area contributed by atoms with E-state index in [1.54, 1.807) is 24.0 Å². The summed E-state index contributed by atoms with van der Waals surface area (Å²) in [5.74, 6) is -0.0362. The molecule has 1 fully saturated rings. The van der Waals surface area contributed by atoms with Crippen molar-refractivity contribution in [3.8, 4) is 0 Å². The van der Waals surface area contributed by atoms with E-state index >= 15 is 0 Å². The minimum atomic E-state index is -3.27. The molecule has 1 heterocycles. The SMILES string of the molecule is CCS(=O)(=O)c1ccc(C(=O)N2CCC(NC(=O)CCc3ccccc3)CC2)cc1. The first-order valence-corrected chi connectivity index (χ1v) is 12.0. The van der Waals surface area contributed by atoms with Crippen molar-refractivity contribution in [3.63, 3.8) is 0 Å². The number of likely N-dealkylation sites (tertiary alicyclic amines) is 1. The molecule has 1 N–H and O–H groups in total. The lowest BCUT2D eigenvalue weighted by molar-refractivity contribution is -0.122. The van der Waals surface area contributed by atoms with Crippen LogP contribution in [0.15, 0.2) is 59.5 Å². The number of nitrogens with zero attached hydrogens (tertiary/aromatic N) is 1. The largest absolute Gasteiger partial charge is 0.353 e. The molecule has 0 atom stereocenters. The molecule has 1 saturated heterocycles. The number of piperidine rings is 1. The van der Waals surface area contributed by atoms with Gasteiger partial charge in [-0.1, -0.05) is 37.3 Å². The van der Waals surface area contributed by atoms with Crippen LogP contribution < -0.4 is 5.32 Å². The third-order valence-corrected chi connectivity index (χ3v) is 7.22. The first-order chi connectivity index (χ1) is 14.4. The van der Waals surface area contributed by atoms with E-state index in [1.807, 2.05) is 30.3 Å². The van der Waals surface area contributed by atoms with Gasteiger partial charge in [-0.15, -0.1) is 0 Å². The Balaban J connectivity index is 1.46. The summed E-state index contributed by atoms with van der Waals surface area (Å²) in [4.78, 5) is 26.9. The van der Waals surface area contributed by atoms with Gasteiger partial charge in [0.2, 0.25) is 5.91 Å². The maximum Gasteiger partial charge on any atom is 0.253 e. The molecule has 3 rings (SSSR count). The molecule has 30 heavy (non-hydrogen) atoms. The molecule has 0 aliphatic carbocycles. The Bertz CT molecular complexity index is 964. The van der Waals surface area contributed by atoms with Crippen LogP contribution in [-0.4, -0.2) is 50.0 Å². The maximum atomic E-state index is 12.7. The van der Waals surface area contributed by atoms with Gasteiger partial charge < -0.3 is 10.2 Å². The van der Waals surface area contributed by atoms with Gasteiger partial charge >= 0.3 is 0 Å². The van der Waals surface area contributed by atoms with Crippen LogP contribution in [0.3, 0.4) is 0 Å². The number of hydrogen-bond acceptors (Lipinski definition) is 4. The van der Waals surface area contributed by atoms with Crippen LogP contribution in [0.2, 0.25) is 0 Å². The monoisotopic (exact) mass is 428 g/mol. The van der Waals surface area contributed by atoms with Crippen molar-refractivity contribution in [1.29, 1.82) is 0 Å². The summed E-state index contributed by atoms with van der Waals surface area (Å²) >= 11 is 0. The summed E-state index contributed by atoms with van der Waals surface area (Å²) in [6.45, 7) is 2.73. The average molecular weight is 429 g/mol. The van der Waals surface area contributed by atoms with Gasteiger partial charge in [-0.2, -0.15) is 0 Å². The van der Waals surface area contributed by atoms with Crippen LogP contribution in [-0.2, 0) is 21.1 Å². The molecule has 0 radical (unpaired) electrons. The van der Waals surface area contributed by atoms with Crippen LogP contribution in [0.5, 0.6) is 0 Å². The van der Waals surface area contributed by atoms with E-state index < -0.39 is 9.84 Å². The molecule has 0 unspecified atom stereocenters. The Morgan fingerprint density at radius 2 is 1.63 bits per heavy atom. The molecular formula is C23H28N2O4S. The average Bonchev–Trinajstić information content (AvgIpc) is 2.78. The van der Waals surface area contributed by atoms with Gasteiger partial charge in [-0.25, -0.2) is 8.42 Å². The third kappa shape index (κ3) is 5.69. The van der Waals surface area contributed by atoms with Crippen molar-refractivity contribution in [2.75, 3.05) is 18.8 Å². The number of aryl methyl sites for hydroxylation is 1. The van der Waals surface area contributed by atoms with Gasteiger partial charge in [0.05, 0.1) is 10.6 Å². The fourth-order valence-corrected chi connectivity index (χ4v) is 4.47. The van der Waals surface area contributed by atoms with E-state index in [9.17, 15) is 18.0 Å². The summed E-state index contributed by atoms with van der Waals surface area (Å²) in [5, 5.41) is 3.08. The van der Waals surface area contributed by atoms with Crippen LogP contribution >= 0.6 is 0 Å². The van der Waals surface area contributed by atoms with Crippen LogP contribution in [0.1, 0.15) is 42.1 Å². The second-order valence-corrected chi connectivity index (χ2v) is 9.83. The third-order valence-electron chi connectivity index (χ3n) is 5.47. The fraction of sp³-hybridized carbons (Fsp3) is 0.391. The number of rotatable bonds is 7. The Labute approximate surface area is 178 Å². The van der Waals surface area contributed by atoms with E-state index in [0.29, 0.717) is 44.3 Å². The Hall–Kier alpha value is -2.67. The van der Waals surface area contributed by atoms with Crippen molar-refractivity contribution >= 4 is 21.7 Å². The molecular weight excluding hydrogens is 400 g/mol. The highest BCUT2D eigenvalue weighted by atomic mass is 32.2. The maximum absolute atomic E-state index is 12.7. The lowest BCUT2D eigenvalue weighted by Gasteiger charge is -2.32. The number of hydrogen-bond donors (Lipinski definition) is 1. The molecule has 1 aliphatic heterocycles. The zero-order chi connectivity index (χ0) is 21.6. The summed E-state index contributed by atoms with van der Waals surface area (Å²) in [7, 11) is -3.27. The Kier molecular flexibility index (Phi) is 7.26. The molecule has 2 aromatic rings. The smallest absolute Gasteiger partial charge is 0.253 e.